The van der Waals surface area contributed by atoms with Crippen molar-refractivity contribution in [2.45, 2.75) is 19.9 Å². The highest BCUT2D eigenvalue weighted by Crippen LogP contribution is 2.29. The van der Waals surface area contributed by atoms with Crippen molar-refractivity contribution in [2.75, 3.05) is 18.9 Å². The van der Waals surface area contributed by atoms with Gasteiger partial charge in [0.05, 0.1) is 19.3 Å². The van der Waals surface area contributed by atoms with Gasteiger partial charge >= 0.3 is 5.97 Å². The van der Waals surface area contributed by atoms with Crippen molar-refractivity contribution >= 4 is 17.6 Å². The third kappa shape index (κ3) is 2.34. The number of carboxylic acid groups (broad SMARTS) is 1. The van der Waals surface area contributed by atoms with E-state index in [1.54, 1.807) is 32.0 Å². The van der Waals surface area contributed by atoms with Crippen LogP contribution in [0.5, 0.6) is 0 Å². The number of nitrogen functional groups attached to an aromatic ring is 1. The molecule has 0 radical (unpaired) electrons. The number of rotatable bonds is 3. The fourth-order valence-corrected chi connectivity index (χ4v) is 2.22. The van der Waals surface area contributed by atoms with Crippen LogP contribution in [0.4, 0.5) is 5.69 Å². The molecule has 1 aromatic rings. The smallest absolute Gasteiger partial charge is 0.313 e. The summed E-state index contributed by atoms with van der Waals surface area (Å²) in [5.41, 5.74) is 6.32. The molecule has 2 unspecified atom stereocenters. The van der Waals surface area contributed by atoms with Crippen molar-refractivity contribution in [3.8, 4) is 0 Å². The molecule has 108 valence electrons. The van der Waals surface area contributed by atoms with E-state index >= 15 is 0 Å². The predicted molar refractivity (Wildman–Crippen MR) is 73.4 cm³/mol. The zero-order valence-corrected chi connectivity index (χ0v) is 11.5. The maximum Gasteiger partial charge on any atom is 0.313 e. The van der Waals surface area contributed by atoms with E-state index in [0.717, 1.165) is 0 Å². The van der Waals surface area contributed by atoms with Crippen molar-refractivity contribution in [1.82, 2.24) is 5.32 Å². The van der Waals surface area contributed by atoms with Crippen LogP contribution in [0.1, 0.15) is 22.8 Å². The maximum atomic E-state index is 12.3. The molecule has 1 aromatic carbocycles. The van der Waals surface area contributed by atoms with Gasteiger partial charge in [-0.25, -0.2) is 0 Å². The summed E-state index contributed by atoms with van der Waals surface area (Å²) in [5.74, 6) is -1.32. The third-order valence-electron chi connectivity index (χ3n) is 3.87. The number of hydrogen-bond acceptors (Lipinski definition) is 4. The van der Waals surface area contributed by atoms with Crippen LogP contribution in [0, 0.1) is 12.3 Å². The molecule has 1 saturated heterocycles. The molecular formula is C14H18N2O4. The topological polar surface area (TPSA) is 102 Å². The minimum Gasteiger partial charge on any atom is -0.481 e. The number of nitrogens with one attached hydrogen (secondary N) is 1. The van der Waals surface area contributed by atoms with Gasteiger partial charge in [0.1, 0.15) is 5.41 Å². The molecule has 6 heteroatoms. The number of carbonyl (C=O) groups excluding carboxylic acids is 1. The summed E-state index contributed by atoms with van der Waals surface area (Å²) in [6.45, 7) is 3.60. The van der Waals surface area contributed by atoms with E-state index in [1.165, 1.54) is 0 Å². The number of benzene rings is 1. The quantitative estimate of drug-likeness (QED) is 0.710. The average Bonchev–Trinajstić information content (AvgIpc) is 2.75. The number of aliphatic carboxylic acids is 1. The molecule has 2 rings (SSSR count). The lowest BCUT2D eigenvalue weighted by Crippen LogP contribution is -2.49. The van der Waals surface area contributed by atoms with Gasteiger partial charge in [-0.15, -0.1) is 0 Å². The number of ether oxygens (including phenoxy) is 1. The molecule has 2 atom stereocenters. The lowest BCUT2D eigenvalue weighted by molar-refractivity contribution is -0.148. The minimum atomic E-state index is -1.11. The van der Waals surface area contributed by atoms with Crippen molar-refractivity contribution in [1.29, 1.82) is 0 Å². The minimum absolute atomic E-state index is 0.0865. The first kappa shape index (κ1) is 14.3. The standard InChI is InChI=1S/C14H18N2O4/c1-8-9(4-3-5-10(8)15)12(17)16-11-6-20-7-14(11,2)13(18)19/h3-5,11H,6-7,15H2,1-2H3,(H,16,17)(H,18,19). The Morgan fingerprint density at radius 3 is 2.85 bits per heavy atom. The molecule has 1 aliphatic rings. The van der Waals surface area contributed by atoms with E-state index in [9.17, 15) is 14.7 Å². The monoisotopic (exact) mass is 278 g/mol. The molecule has 4 N–H and O–H groups in total. The van der Waals surface area contributed by atoms with Crippen molar-refractivity contribution in [3.05, 3.63) is 29.3 Å². The Morgan fingerprint density at radius 1 is 1.50 bits per heavy atom. The Labute approximate surface area is 116 Å². The Kier molecular flexibility index (Phi) is 3.67. The summed E-state index contributed by atoms with van der Waals surface area (Å²) in [7, 11) is 0. The molecule has 0 spiro atoms. The number of anilines is 1. The van der Waals surface area contributed by atoms with Gasteiger partial charge in [0.2, 0.25) is 0 Å². The number of amides is 1. The molecule has 0 aliphatic carbocycles. The largest absolute Gasteiger partial charge is 0.481 e. The van der Waals surface area contributed by atoms with Crippen LogP contribution < -0.4 is 11.1 Å². The van der Waals surface area contributed by atoms with E-state index in [-0.39, 0.29) is 19.1 Å². The van der Waals surface area contributed by atoms with E-state index in [0.29, 0.717) is 16.8 Å². The predicted octanol–water partition coefficient (Wildman–Crippen LogP) is 0.797. The second-order valence-corrected chi connectivity index (χ2v) is 5.28. The molecule has 1 heterocycles. The normalized spacial score (nSPS) is 25.4. The molecule has 1 amide bonds. The van der Waals surface area contributed by atoms with Crippen LogP contribution in [0.3, 0.4) is 0 Å². The molecule has 6 nitrogen and oxygen atoms in total. The van der Waals surface area contributed by atoms with E-state index in [2.05, 4.69) is 5.32 Å². The number of hydrogen-bond donors (Lipinski definition) is 3. The van der Waals surface area contributed by atoms with Gasteiger partial charge in [-0.05, 0) is 31.5 Å². The van der Waals surface area contributed by atoms with E-state index in [4.69, 9.17) is 10.5 Å². The SMILES string of the molecule is Cc1c(N)cccc1C(=O)NC1COCC1(C)C(=O)O. The summed E-state index contributed by atoms with van der Waals surface area (Å²) in [5, 5.41) is 12.0. The Bertz CT molecular complexity index is 558. The van der Waals surface area contributed by atoms with Crippen LogP contribution >= 0.6 is 0 Å². The molecule has 1 fully saturated rings. The Morgan fingerprint density at radius 2 is 2.20 bits per heavy atom. The summed E-state index contributed by atoms with van der Waals surface area (Å²) in [4.78, 5) is 23.6. The fourth-order valence-electron chi connectivity index (χ4n) is 2.22. The first-order valence-electron chi connectivity index (χ1n) is 6.33. The van der Waals surface area contributed by atoms with Gasteiger partial charge in [-0.2, -0.15) is 0 Å². The van der Waals surface area contributed by atoms with Gasteiger partial charge in [0.25, 0.3) is 5.91 Å². The molecule has 0 saturated carbocycles. The highest BCUT2D eigenvalue weighted by atomic mass is 16.5. The summed E-state index contributed by atoms with van der Waals surface area (Å²) >= 11 is 0. The van der Waals surface area contributed by atoms with Gasteiger partial charge in [-0.3, -0.25) is 9.59 Å². The highest BCUT2D eigenvalue weighted by molar-refractivity contribution is 5.97. The molecular weight excluding hydrogens is 260 g/mol. The Balaban J connectivity index is 2.20. The summed E-state index contributed by atoms with van der Waals surface area (Å²) < 4.78 is 5.20. The number of carbonyl (C=O) groups is 2. The van der Waals surface area contributed by atoms with Crippen LogP contribution in [0.15, 0.2) is 18.2 Å². The first-order valence-corrected chi connectivity index (χ1v) is 6.33. The van der Waals surface area contributed by atoms with Gasteiger partial charge in [-0.1, -0.05) is 6.07 Å². The van der Waals surface area contributed by atoms with Crippen LogP contribution in [-0.2, 0) is 9.53 Å². The highest BCUT2D eigenvalue weighted by Gasteiger charge is 2.47. The summed E-state index contributed by atoms with van der Waals surface area (Å²) in [6.07, 6.45) is 0. The summed E-state index contributed by atoms with van der Waals surface area (Å²) in [6, 6.07) is 4.51. The van der Waals surface area contributed by atoms with Gasteiger partial charge < -0.3 is 20.9 Å². The van der Waals surface area contributed by atoms with Crippen molar-refractivity contribution in [3.63, 3.8) is 0 Å². The van der Waals surface area contributed by atoms with Crippen LogP contribution in [0.2, 0.25) is 0 Å². The zero-order chi connectivity index (χ0) is 14.9. The first-order chi connectivity index (χ1) is 9.36. The van der Waals surface area contributed by atoms with Crippen LogP contribution in [0.25, 0.3) is 0 Å². The van der Waals surface area contributed by atoms with Crippen molar-refractivity contribution in [2.24, 2.45) is 5.41 Å². The van der Waals surface area contributed by atoms with Gasteiger partial charge in [0, 0.05) is 11.3 Å². The third-order valence-corrected chi connectivity index (χ3v) is 3.87. The molecule has 0 aromatic heterocycles. The fraction of sp³-hybridized carbons (Fsp3) is 0.429. The van der Waals surface area contributed by atoms with E-state index < -0.39 is 17.4 Å². The molecule has 1 aliphatic heterocycles. The zero-order valence-electron chi connectivity index (χ0n) is 11.5. The van der Waals surface area contributed by atoms with Crippen molar-refractivity contribution < 1.29 is 19.4 Å². The van der Waals surface area contributed by atoms with Gasteiger partial charge in [0.15, 0.2) is 0 Å². The average molecular weight is 278 g/mol. The number of carboxylic acids is 1. The second kappa shape index (κ2) is 5.13. The molecule has 20 heavy (non-hydrogen) atoms. The lowest BCUT2D eigenvalue weighted by atomic mass is 9.85. The lowest BCUT2D eigenvalue weighted by Gasteiger charge is -2.25. The maximum absolute atomic E-state index is 12.3. The molecule has 0 bridgehead atoms. The number of nitrogens with two attached hydrogens (primary N) is 1. The Hall–Kier alpha value is -2.08. The van der Waals surface area contributed by atoms with Crippen LogP contribution in [-0.4, -0.2) is 36.2 Å². The second-order valence-electron chi connectivity index (χ2n) is 5.28. The van der Waals surface area contributed by atoms with E-state index in [1.807, 2.05) is 0 Å².